The summed E-state index contributed by atoms with van der Waals surface area (Å²) in [6, 6.07) is 8.20. The van der Waals surface area contributed by atoms with Crippen LogP contribution in [-0.2, 0) is 24.2 Å². The van der Waals surface area contributed by atoms with E-state index >= 15 is 0 Å². The first-order valence-corrected chi connectivity index (χ1v) is 10.2. The Morgan fingerprint density at radius 2 is 2.14 bits per heavy atom. The van der Waals surface area contributed by atoms with Crippen LogP contribution in [0.5, 0.6) is 5.75 Å². The molecule has 0 bridgehead atoms. The predicted molar refractivity (Wildman–Crippen MR) is 107 cm³/mol. The Bertz CT molecular complexity index is 816. The number of hydrogen-bond acceptors (Lipinski definition) is 5. The number of carbonyl (C=O) groups is 1. The van der Waals surface area contributed by atoms with Crippen LogP contribution in [0.3, 0.4) is 0 Å². The summed E-state index contributed by atoms with van der Waals surface area (Å²) in [5, 5.41) is 3.51. The van der Waals surface area contributed by atoms with Crippen LogP contribution in [0, 0.1) is 0 Å². The van der Waals surface area contributed by atoms with Crippen molar-refractivity contribution in [1.29, 1.82) is 0 Å². The van der Waals surface area contributed by atoms with E-state index in [0.717, 1.165) is 60.7 Å². The Kier molecular flexibility index (Phi) is 5.86. The minimum absolute atomic E-state index is 0.194. The van der Waals surface area contributed by atoms with Gasteiger partial charge < -0.3 is 15.0 Å². The van der Waals surface area contributed by atoms with Crippen LogP contribution in [0.15, 0.2) is 30.5 Å². The number of fused-ring (bicyclic) bond motifs is 1. The molecule has 0 spiro atoms. The molecular formula is C22H28N4O2. The summed E-state index contributed by atoms with van der Waals surface area (Å²) in [5.74, 6) is 1.95. The molecule has 6 nitrogen and oxygen atoms in total. The summed E-state index contributed by atoms with van der Waals surface area (Å²) in [6.45, 7) is 2.40. The highest BCUT2D eigenvalue weighted by Gasteiger charge is 2.24. The average molecular weight is 380 g/mol. The maximum atomic E-state index is 12.7. The number of aryl methyl sites for hydroxylation is 1. The van der Waals surface area contributed by atoms with E-state index in [2.05, 4.69) is 10.3 Å². The van der Waals surface area contributed by atoms with E-state index in [0.29, 0.717) is 13.0 Å². The quantitative estimate of drug-likeness (QED) is 0.864. The average Bonchev–Trinajstić information content (AvgIpc) is 2.77. The number of methoxy groups -OCH3 is 1. The molecule has 0 unspecified atom stereocenters. The van der Waals surface area contributed by atoms with E-state index < -0.39 is 0 Å². The Labute approximate surface area is 166 Å². The molecule has 1 atom stereocenters. The molecule has 1 aromatic carbocycles. The van der Waals surface area contributed by atoms with Gasteiger partial charge in [0.15, 0.2) is 0 Å². The van der Waals surface area contributed by atoms with Gasteiger partial charge in [-0.15, -0.1) is 0 Å². The van der Waals surface area contributed by atoms with Crippen molar-refractivity contribution in [3.05, 3.63) is 53.1 Å². The Hall–Kier alpha value is -2.47. The third kappa shape index (κ3) is 4.33. The maximum absolute atomic E-state index is 12.7. The molecule has 1 N–H and O–H groups in total. The standard InChI is InChI=1S/C22H28N4O2/c1-28-18-8-5-16(6-9-18)7-10-21(27)26-13-11-19-17(15-26)14-24-22(25-19)20-4-2-3-12-23-20/h5-6,8-9,14,20,23H,2-4,7,10-13,15H2,1H3/t20-/m0/s1. The highest BCUT2D eigenvalue weighted by Crippen LogP contribution is 2.23. The third-order valence-corrected chi connectivity index (χ3v) is 5.71. The lowest BCUT2D eigenvalue weighted by Crippen LogP contribution is -2.37. The zero-order chi connectivity index (χ0) is 19.3. The van der Waals surface area contributed by atoms with E-state index in [1.807, 2.05) is 35.4 Å². The second-order valence-corrected chi connectivity index (χ2v) is 7.62. The number of carbonyl (C=O) groups excluding carboxylic acids is 1. The molecule has 2 aromatic rings. The molecule has 1 aromatic heterocycles. The van der Waals surface area contributed by atoms with Crippen molar-refractivity contribution in [3.8, 4) is 5.75 Å². The largest absolute Gasteiger partial charge is 0.497 e. The second-order valence-electron chi connectivity index (χ2n) is 7.62. The molecule has 148 valence electrons. The van der Waals surface area contributed by atoms with E-state index in [1.54, 1.807) is 7.11 Å². The van der Waals surface area contributed by atoms with Gasteiger partial charge in [-0.05, 0) is 43.5 Å². The van der Waals surface area contributed by atoms with Crippen LogP contribution in [0.4, 0.5) is 0 Å². The van der Waals surface area contributed by atoms with Gasteiger partial charge in [0.25, 0.3) is 0 Å². The first-order chi connectivity index (χ1) is 13.7. The Morgan fingerprint density at radius 1 is 1.29 bits per heavy atom. The van der Waals surface area contributed by atoms with Gasteiger partial charge >= 0.3 is 0 Å². The lowest BCUT2D eigenvalue weighted by molar-refractivity contribution is -0.132. The molecule has 0 saturated carbocycles. The smallest absolute Gasteiger partial charge is 0.223 e. The highest BCUT2D eigenvalue weighted by atomic mass is 16.5. The van der Waals surface area contributed by atoms with Crippen LogP contribution in [0.2, 0.25) is 0 Å². The Balaban J connectivity index is 1.34. The fourth-order valence-electron chi connectivity index (χ4n) is 3.99. The number of nitrogens with one attached hydrogen (secondary N) is 1. The van der Waals surface area contributed by atoms with Crippen molar-refractivity contribution in [3.63, 3.8) is 0 Å². The SMILES string of the molecule is COc1ccc(CCC(=O)N2CCc3nc([C@@H]4CCCCN4)ncc3C2)cc1. The summed E-state index contributed by atoms with van der Waals surface area (Å²) >= 11 is 0. The monoisotopic (exact) mass is 380 g/mol. The molecule has 0 aliphatic carbocycles. The number of rotatable bonds is 5. The van der Waals surface area contributed by atoms with Crippen LogP contribution < -0.4 is 10.1 Å². The van der Waals surface area contributed by atoms with Crippen molar-refractivity contribution in [1.82, 2.24) is 20.2 Å². The second kappa shape index (κ2) is 8.69. The third-order valence-electron chi connectivity index (χ3n) is 5.71. The zero-order valence-corrected chi connectivity index (χ0v) is 16.5. The molecule has 0 radical (unpaired) electrons. The summed E-state index contributed by atoms with van der Waals surface area (Å²) in [5.41, 5.74) is 3.35. The number of aromatic nitrogens is 2. The molecule has 1 saturated heterocycles. The molecule has 4 rings (SSSR count). The molecule has 1 amide bonds. The molecular weight excluding hydrogens is 352 g/mol. The molecule has 28 heavy (non-hydrogen) atoms. The molecule has 2 aliphatic heterocycles. The Morgan fingerprint density at radius 3 is 2.89 bits per heavy atom. The van der Waals surface area contributed by atoms with Gasteiger partial charge in [0.1, 0.15) is 11.6 Å². The number of hydrogen-bond donors (Lipinski definition) is 1. The molecule has 6 heteroatoms. The number of nitrogens with zero attached hydrogens (tertiary/aromatic N) is 3. The van der Waals surface area contributed by atoms with Gasteiger partial charge in [0, 0.05) is 37.7 Å². The number of benzene rings is 1. The van der Waals surface area contributed by atoms with Crippen molar-refractivity contribution in [2.45, 2.75) is 51.1 Å². The first-order valence-electron chi connectivity index (χ1n) is 10.2. The lowest BCUT2D eigenvalue weighted by Gasteiger charge is -2.29. The predicted octanol–water partition coefficient (Wildman–Crippen LogP) is 2.82. The fourth-order valence-corrected chi connectivity index (χ4v) is 3.99. The first kappa shape index (κ1) is 18.9. The van der Waals surface area contributed by atoms with Gasteiger partial charge in [0.05, 0.1) is 18.8 Å². The van der Waals surface area contributed by atoms with Crippen LogP contribution in [0.1, 0.15) is 54.4 Å². The van der Waals surface area contributed by atoms with Crippen molar-refractivity contribution < 1.29 is 9.53 Å². The lowest BCUT2D eigenvalue weighted by atomic mass is 10.0. The zero-order valence-electron chi connectivity index (χ0n) is 16.5. The van der Waals surface area contributed by atoms with Crippen LogP contribution in [0.25, 0.3) is 0 Å². The van der Waals surface area contributed by atoms with Crippen molar-refractivity contribution in [2.75, 3.05) is 20.2 Å². The van der Waals surface area contributed by atoms with E-state index in [9.17, 15) is 4.79 Å². The number of ether oxygens (including phenoxy) is 1. The van der Waals surface area contributed by atoms with Crippen molar-refractivity contribution in [2.24, 2.45) is 0 Å². The van der Waals surface area contributed by atoms with Gasteiger partial charge in [-0.2, -0.15) is 0 Å². The van der Waals surface area contributed by atoms with Crippen LogP contribution in [-0.4, -0.2) is 41.0 Å². The van der Waals surface area contributed by atoms with Gasteiger partial charge in [-0.3, -0.25) is 4.79 Å². The van der Waals surface area contributed by atoms with Gasteiger partial charge in [-0.1, -0.05) is 18.6 Å². The van der Waals surface area contributed by atoms with E-state index in [-0.39, 0.29) is 11.9 Å². The summed E-state index contributed by atoms with van der Waals surface area (Å²) < 4.78 is 5.18. The van der Waals surface area contributed by atoms with Gasteiger partial charge in [-0.25, -0.2) is 9.97 Å². The minimum atomic E-state index is 0.194. The van der Waals surface area contributed by atoms with Gasteiger partial charge in [0.2, 0.25) is 5.91 Å². The molecule has 2 aliphatic rings. The fraction of sp³-hybridized carbons (Fsp3) is 0.500. The molecule has 1 fully saturated rings. The normalized spacial score (nSPS) is 19.2. The summed E-state index contributed by atoms with van der Waals surface area (Å²) in [7, 11) is 1.66. The highest BCUT2D eigenvalue weighted by molar-refractivity contribution is 5.76. The van der Waals surface area contributed by atoms with Crippen molar-refractivity contribution >= 4 is 5.91 Å². The minimum Gasteiger partial charge on any atom is -0.497 e. The maximum Gasteiger partial charge on any atom is 0.223 e. The molecule has 3 heterocycles. The van der Waals surface area contributed by atoms with E-state index in [1.165, 1.54) is 12.8 Å². The summed E-state index contributed by atoms with van der Waals surface area (Å²) in [6.07, 6.45) is 7.57. The van der Waals surface area contributed by atoms with Crippen LogP contribution >= 0.6 is 0 Å². The topological polar surface area (TPSA) is 67.3 Å². The number of amides is 1. The summed E-state index contributed by atoms with van der Waals surface area (Å²) in [4.78, 5) is 24.0. The number of piperidine rings is 1. The van der Waals surface area contributed by atoms with E-state index in [4.69, 9.17) is 9.72 Å².